The molecule has 0 bridgehead atoms. The Morgan fingerprint density at radius 2 is 1.38 bits per heavy atom. The number of alkyl carbamates (subject to hydrolysis) is 1. The maximum atomic E-state index is 12.1. The van der Waals surface area contributed by atoms with Crippen LogP contribution in [0, 0.1) is 5.41 Å². The molecule has 1 rings (SSSR count). The van der Waals surface area contributed by atoms with E-state index in [1.807, 2.05) is 20.8 Å². The number of nitrogens with two attached hydrogens (primary N) is 2. The fourth-order valence-electron chi connectivity index (χ4n) is 3.03. The molecular weight excluding hydrogens is 460 g/mol. The molecule has 192 valence electrons. The van der Waals surface area contributed by atoms with Gasteiger partial charge in [0, 0.05) is 13.1 Å². The van der Waals surface area contributed by atoms with Crippen LogP contribution < -0.4 is 27.4 Å². The van der Waals surface area contributed by atoms with Crippen LogP contribution in [0.4, 0.5) is 16.4 Å². The summed E-state index contributed by atoms with van der Waals surface area (Å²) in [6, 6.07) is 0. The van der Waals surface area contributed by atoms with Crippen molar-refractivity contribution in [1.29, 1.82) is 5.41 Å². The van der Waals surface area contributed by atoms with E-state index in [2.05, 4.69) is 25.9 Å². The summed E-state index contributed by atoms with van der Waals surface area (Å²) in [6.07, 6.45) is 9.44. The summed E-state index contributed by atoms with van der Waals surface area (Å²) in [5.74, 6) is -1.02. The zero-order valence-corrected chi connectivity index (χ0v) is 21.2. The van der Waals surface area contributed by atoms with Gasteiger partial charge in [-0.25, -0.2) is 14.8 Å². The van der Waals surface area contributed by atoms with Crippen molar-refractivity contribution in [1.82, 2.24) is 25.9 Å². The predicted molar refractivity (Wildman–Crippen MR) is 135 cm³/mol. The van der Waals surface area contributed by atoms with Crippen LogP contribution in [-0.4, -0.2) is 46.6 Å². The van der Waals surface area contributed by atoms with Gasteiger partial charge in [-0.3, -0.25) is 15.5 Å². The lowest BCUT2D eigenvalue weighted by Crippen LogP contribution is -2.41. The largest absolute Gasteiger partial charge is 0.444 e. The number of rotatable bonds is 13. The molecule has 0 radical (unpaired) electrons. The van der Waals surface area contributed by atoms with Gasteiger partial charge >= 0.3 is 6.09 Å². The minimum absolute atomic E-state index is 0.0588. The number of halogens is 1. The third-order valence-electron chi connectivity index (χ3n) is 4.68. The van der Waals surface area contributed by atoms with Crippen LogP contribution >= 0.6 is 11.6 Å². The van der Waals surface area contributed by atoms with E-state index in [0.29, 0.717) is 13.1 Å². The van der Waals surface area contributed by atoms with E-state index in [1.165, 1.54) is 19.3 Å². The molecule has 0 spiro atoms. The van der Waals surface area contributed by atoms with Gasteiger partial charge in [0.2, 0.25) is 0 Å². The molecule has 0 unspecified atom stereocenters. The average molecular weight is 499 g/mol. The van der Waals surface area contributed by atoms with Gasteiger partial charge in [-0.15, -0.1) is 0 Å². The van der Waals surface area contributed by atoms with Crippen molar-refractivity contribution in [2.24, 2.45) is 0 Å². The summed E-state index contributed by atoms with van der Waals surface area (Å²) < 4.78 is 5.20. The van der Waals surface area contributed by atoms with Gasteiger partial charge in [0.25, 0.3) is 5.91 Å². The molecule has 0 saturated heterocycles. The number of unbranched alkanes of at least 4 members (excludes halogenated alkanes) is 8. The Kier molecular flexibility index (Phi) is 13.0. The number of anilines is 2. The molecule has 34 heavy (non-hydrogen) atoms. The number of carbonyl (C=O) groups excluding carboxylic acids is 2. The van der Waals surface area contributed by atoms with E-state index < -0.39 is 11.5 Å². The third-order valence-corrected chi connectivity index (χ3v) is 4.96. The molecule has 1 heterocycles. The minimum atomic E-state index is -0.676. The number of aromatic nitrogens is 2. The van der Waals surface area contributed by atoms with Crippen LogP contribution in [0.1, 0.15) is 89.0 Å². The number of hydrogen-bond donors (Lipinski definition) is 6. The van der Waals surface area contributed by atoms with Crippen LogP contribution in [0.25, 0.3) is 0 Å². The monoisotopic (exact) mass is 498 g/mol. The molecule has 11 nitrogen and oxygen atoms in total. The van der Waals surface area contributed by atoms with Crippen molar-refractivity contribution < 1.29 is 14.3 Å². The zero-order chi connectivity index (χ0) is 25.6. The highest BCUT2D eigenvalue weighted by Gasteiger charge is 2.17. The van der Waals surface area contributed by atoms with Gasteiger partial charge in [-0.05, 0) is 33.6 Å². The topological polar surface area (TPSA) is 181 Å². The number of nitrogens with one attached hydrogen (secondary N) is 4. The molecule has 8 N–H and O–H groups in total. The highest BCUT2D eigenvalue weighted by Crippen LogP contribution is 2.17. The molecular formula is C22H39ClN8O3. The van der Waals surface area contributed by atoms with E-state index in [4.69, 9.17) is 33.2 Å². The Morgan fingerprint density at radius 3 is 1.91 bits per heavy atom. The Bertz CT molecular complexity index is 814. The van der Waals surface area contributed by atoms with Crippen LogP contribution in [0.3, 0.4) is 0 Å². The molecule has 0 saturated carbocycles. The Hall–Kier alpha value is -2.82. The molecule has 12 heteroatoms. The fourth-order valence-corrected chi connectivity index (χ4v) is 3.16. The maximum absolute atomic E-state index is 12.1. The number of hydrogen-bond acceptors (Lipinski definition) is 8. The summed E-state index contributed by atoms with van der Waals surface area (Å²) >= 11 is 5.77. The first-order chi connectivity index (χ1) is 16.0. The zero-order valence-electron chi connectivity index (χ0n) is 20.4. The van der Waals surface area contributed by atoms with Crippen molar-refractivity contribution in [3.63, 3.8) is 0 Å². The van der Waals surface area contributed by atoms with Crippen molar-refractivity contribution in [3.05, 3.63) is 10.8 Å². The number of guanidine groups is 1. The SMILES string of the molecule is CC(C)(C)OC(=O)NCCCCCCCCCCCNC(=N)NC(=O)c1nc(Cl)c(N)nc1N. The normalized spacial score (nSPS) is 11.1. The molecule has 1 aromatic heterocycles. The summed E-state index contributed by atoms with van der Waals surface area (Å²) in [6.45, 7) is 6.77. The molecule has 0 aromatic carbocycles. The highest BCUT2D eigenvalue weighted by atomic mass is 35.5. The van der Waals surface area contributed by atoms with Gasteiger partial charge < -0.3 is 26.8 Å². The average Bonchev–Trinajstić information content (AvgIpc) is 2.72. The summed E-state index contributed by atoms with van der Waals surface area (Å²) in [4.78, 5) is 31.2. The molecule has 2 amide bonds. The second-order valence-corrected chi connectivity index (χ2v) is 9.36. The molecule has 1 aromatic rings. The first-order valence-corrected chi connectivity index (χ1v) is 12.1. The van der Waals surface area contributed by atoms with E-state index in [-0.39, 0.29) is 34.5 Å². The van der Waals surface area contributed by atoms with Crippen LogP contribution in [-0.2, 0) is 4.74 Å². The number of carbonyl (C=O) groups is 2. The van der Waals surface area contributed by atoms with Crippen LogP contribution in [0.5, 0.6) is 0 Å². The summed E-state index contributed by atoms with van der Waals surface area (Å²) in [5, 5.41) is 15.7. The summed E-state index contributed by atoms with van der Waals surface area (Å²) in [5.41, 5.74) is 10.5. The number of nitrogens with zero attached hydrogens (tertiary/aromatic N) is 2. The highest BCUT2D eigenvalue weighted by molar-refractivity contribution is 6.31. The van der Waals surface area contributed by atoms with Gasteiger partial charge in [-0.1, -0.05) is 56.5 Å². The lowest BCUT2D eigenvalue weighted by Gasteiger charge is -2.19. The maximum Gasteiger partial charge on any atom is 0.407 e. The Labute approximate surface area is 206 Å². The van der Waals surface area contributed by atoms with Crippen LogP contribution in [0.15, 0.2) is 0 Å². The molecule has 0 fully saturated rings. The quantitative estimate of drug-likeness (QED) is 0.135. The predicted octanol–water partition coefficient (Wildman–Crippen LogP) is 3.58. The Balaban J connectivity index is 1.98. The molecule has 0 aliphatic carbocycles. The number of amides is 2. The fraction of sp³-hybridized carbons (Fsp3) is 0.682. The van der Waals surface area contributed by atoms with E-state index >= 15 is 0 Å². The molecule has 0 aliphatic rings. The van der Waals surface area contributed by atoms with E-state index in [9.17, 15) is 9.59 Å². The molecule has 0 atom stereocenters. The van der Waals surface area contributed by atoms with E-state index in [0.717, 1.165) is 38.5 Å². The molecule has 0 aliphatic heterocycles. The lowest BCUT2D eigenvalue weighted by atomic mass is 10.1. The van der Waals surface area contributed by atoms with E-state index in [1.54, 1.807) is 0 Å². The van der Waals surface area contributed by atoms with Crippen molar-refractivity contribution in [2.75, 3.05) is 24.6 Å². The van der Waals surface area contributed by atoms with Crippen molar-refractivity contribution in [2.45, 2.75) is 84.2 Å². The van der Waals surface area contributed by atoms with Gasteiger partial charge in [0.1, 0.15) is 5.60 Å². The second kappa shape index (κ2) is 15.2. The minimum Gasteiger partial charge on any atom is -0.444 e. The van der Waals surface area contributed by atoms with Gasteiger partial charge in [0.15, 0.2) is 28.4 Å². The van der Waals surface area contributed by atoms with Crippen LogP contribution in [0.2, 0.25) is 5.15 Å². The smallest absolute Gasteiger partial charge is 0.407 e. The van der Waals surface area contributed by atoms with Gasteiger partial charge in [0.05, 0.1) is 0 Å². The Morgan fingerprint density at radius 1 is 0.882 bits per heavy atom. The standard InChI is InChI=1S/C22H39ClN8O3/c1-22(2,3)34-21(33)28-14-12-10-8-6-4-5-7-9-11-13-27-20(26)31-19(32)15-17(24)30-18(25)16(23)29-15/h4-14H2,1-3H3,(H,28,33)(H4,24,25,30)(H3,26,27,31,32). The van der Waals surface area contributed by atoms with Gasteiger partial charge in [-0.2, -0.15) is 0 Å². The first kappa shape index (κ1) is 29.2. The number of nitrogen functional groups attached to an aromatic ring is 2. The lowest BCUT2D eigenvalue weighted by molar-refractivity contribution is 0.0526. The first-order valence-electron chi connectivity index (χ1n) is 11.7. The van der Waals surface area contributed by atoms with Crippen molar-refractivity contribution >= 4 is 41.2 Å². The second-order valence-electron chi connectivity index (χ2n) is 9.00. The summed E-state index contributed by atoms with van der Waals surface area (Å²) in [7, 11) is 0. The third kappa shape index (κ3) is 13.0. The van der Waals surface area contributed by atoms with Crippen molar-refractivity contribution in [3.8, 4) is 0 Å². The number of ether oxygens (including phenoxy) is 1.